The van der Waals surface area contributed by atoms with Gasteiger partial charge in [0.25, 0.3) is 0 Å². The third-order valence-corrected chi connectivity index (χ3v) is 2.73. The second-order valence-corrected chi connectivity index (χ2v) is 4.00. The van der Waals surface area contributed by atoms with Crippen LogP contribution in [0.25, 0.3) is 0 Å². The van der Waals surface area contributed by atoms with Crippen LogP contribution in [0.5, 0.6) is 5.75 Å². The van der Waals surface area contributed by atoms with E-state index in [2.05, 4.69) is 4.74 Å². The number of benzene rings is 1. The molecule has 0 atom stereocenters. The average molecular weight is 264 g/mol. The van der Waals surface area contributed by atoms with E-state index in [-0.39, 0.29) is 12.6 Å². The highest BCUT2D eigenvalue weighted by molar-refractivity contribution is 5.88. The molecule has 1 aromatic rings. The van der Waals surface area contributed by atoms with Crippen molar-refractivity contribution in [3.8, 4) is 5.75 Å². The van der Waals surface area contributed by atoms with E-state index >= 15 is 0 Å². The molecule has 0 aromatic heterocycles. The van der Waals surface area contributed by atoms with E-state index in [1.165, 1.54) is 7.11 Å². The molecule has 0 amide bonds. The second-order valence-electron chi connectivity index (χ2n) is 4.00. The maximum Gasteiger partial charge on any atom is 0.333 e. The Morgan fingerprint density at radius 3 is 2.53 bits per heavy atom. The van der Waals surface area contributed by atoms with Gasteiger partial charge in [0.15, 0.2) is 0 Å². The molecule has 0 aliphatic carbocycles. The molecule has 19 heavy (non-hydrogen) atoms. The van der Waals surface area contributed by atoms with Crippen molar-refractivity contribution in [2.75, 3.05) is 20.3 Å². The number of ether oxygens (including phenoxy) is 2. The molecule has 4 nitrogen and oxygen atoms in total. The number of hydrogen-bond acceptors (Lipinski definition) is 4. The Bertz CT molecular complexity index is 420. The highest BCUT2D eigenvalue weighted by Crippen LogP contribution is 2.13. The number of hydrogen-bond donors (Lipinski definition) is 1. The normalized spacial score (nSPS) is 11.2. The van der Waals surface area contributed by atoms with Gasteiger partial charge in [0.1, 0.15) is 12.4 Å². The summed E-state index contributed by atoms with van der Waals surface area (Å²) in [6, 6.07) is 7.53. The highest BCUT2D eigenvalue weighted by Gasteiger charge is 2.05. The summed E-state index contributed by atoms with van der Waals surface area (Å²) in [6.07, 6.45) is 2.99. The standard InChI is InChI=1S/C15H20O4/c1-3-13(15(17)18-2)9-11-19-14-6-4-12(5-7-14)8-10-16/h4-7,9,16H,3,8,10-11H2,1-2H3/b13-9-. The smallest absolute Gasteiger partial charge is 0.333 e. The van der Waals surface area contributed by atoms with Crippen molar-refractivity contribution in [2.45, 2.75) is 19.8 Å². The van der Waals surface area contributed by atoms with E-state index in [0.717, 1.165) is 11.3 Å². The van der Waals surface area contributed by atoms with Gasteiger partial charge in [-0.3, -0.25) is 0 Å². The van der Waals surface area contributed by atoms with Crippen molar-refractivity contribution in [2.24, 2.45) is 0 Å². The summed E-state index contributed by atoms with van der Waals surface area (Å²) in [5, 5.41) is 8.81. The first-order valence-corrected chi connectivity index (χ1v) is 6.31. The van der Waals surface area contributed by atoms with Crippen molar-refractivity contribution >= 4 is 5.97 Å². The van der Waals surface area contributed by atoms with Crippen LogP contribution < -0.4 is 4.74 Å². The number of methoxy groups -OCH3 is 1. The predicted molar refractivity (Wildman–Crippen MR) is 73.1 cm³/mol. The Hall–Kier alpha value is -1.81. The maximum atomic E-state index is 11.3. The first kappa shape index (κ1) is 15.2. The van der Waals surface area contributed by atoms with E-state index in [1.54, 1.807) is 6.08 Å². The number of esters is 1. The van der Waals surface area contributed by atoms with Crippen LogP contribution in [0, 0.1) is 0 Å². The molecule has 1 N–H and O–H groups in total. The van der Waals surface area contributed by atoms with Crippen molar-refractivity contribution in [3.05, 3.63) is 41.5 Å². The lowest BCUT2D eigenvalue weighted by molar-refractivity contribution is -0.136. The van der Waals surface area contributed by atoms with Gasteiger partial charge in [0.2, 0.25) is 0 Å². The number of aliphatic hydroxyl groups is 1. The molecule has 4 heteroatoms. The topological polar surface area (TPSA) is 55.8 Å². The minimum absolute atomic E-state index is 0.141. The zero-order valence-corrected chi connectivity index (χ0v) is 11.4. The molecule has 0 fully saturated rings. The summed E-state index contributed by atoms with van der Waals surface area (Å²) in [6.45, 7) is 2.37. The number of carbonyl (C=O) groups is 1. The van der Waals surface area contributed by atoms with E-state index in [9.17, 15) is 4.79 Å². The average Bonchev–Trinajstić information content (AvgIpc) is 2.45. The zero-order valence-electron chi connectivity index (χ0n) is 11.4. The number of carbonyl (C=O) groups excluding carboxylic acids is 1. The van der Waals surface area contributed by atoms with Crippen LogP contribution in [0.15, 0.2) is 35.9 Å². The summed E-state index contributed by atoms with van der Waals surface area (Å²) in [5.74, 6) is 0.419. The van der Waals surface area contributed by atoms with Gasteiger partial charge < -0.3 is 14.6 Å². The lowest BCUT2D eigenvalue weighted by Crippen LogP contribution is -2.06. The zero-order chi connectivity index (χ0) is 14.1. The summed E-state index contributed by atoms with van der Waals surface area (Å²) < 4.78 is 10.2. The maximum absolute atomic E-state index is 11.3. The second kappa shape index (κ2) is 8.32. The Kier molecular flexibility index (Phi) is 6.68. The lowest BCUT2D eigenvalue weighted by atomic mass is 10.1. The van der Waals surface area contributed by atoms with Gasteiger partial charge in [-0.05, 0) is 36.6 Å². The summed E-state index contributed by atoms with van der Waals surface area (Å²) in [7, 11) is 1.37. The number of rotatable bonds is 7. The van der Waals surface area contributed by atoms with Crippen molar-refractivity contribution in [1.29, 1.82) is 0 Å². The van der Waals surface area contributed by atoms with Crippen LogP contribution in [0.4, 0.5) is 0 Å². The van der Waals surface area contributed by atoms with Gasteiger partial charge >= 0.3 is 5.97 Å². The van der Waals surface area contributed by atoms with Gasteiger partial charge in [-0.1, -0.05) is 19.1 Å². The molecular formula is C15H20O4. The molecule has 1 aromatic carbocycles. The van der Waals surface area contributed by atoms with Crippen LogP contribution >= 0.6 is 0 Å². The van der Waals surface area contributed by atoms with Crippen LogP contribution in [0.1, 0.15) is 18.9 Å². The van der Waals surface area contributed by atoms with Crippen LogP contribution in [-0.4, -0.2) is 31.4 Å². The van der Waals surface area contributed by atoms with Crippen LogP contribution in [-0.2, 0) is 16.0 Å². The van der Waals surface area contributed by atoms with Gasteiger partial charge in [0.05, 0.1) is 7.11 Å². The highest BCUT2D eigenvalue weighted by atomic mass is 16.5. The first-order chi connectivity index (χ1) is 9.21. The van der Waals surface area contributed by atoms with Gasteiger partial charge in [-0.2, -0.15) is 0 Å². The molecule has 0 unspecified atom stereocenters. The molecule has 0 aliphatic rings. The predicted octanol–water partition coefficient (Wildman–Crippen LogP) is 2.11. The largest absolute Gasteiger partial charge is 0.490 e. The number of aliphatic hydroxyl groups excluding tert-OH is 1. The fraction of sp³-hybridized carbons (Fsp3) is 0.400. The molecule has 0 aliphatic heterocycles. The Labute approximate surface area is 113 Å². The van der Waals surface area contributed by atoms with Crippen molar-refractivity contribution < 1.29 is 19.4 Å². The molecule has 0 spiro atoms. The van der Waals surface area contributed by atoms with E-state index in [1.807, 2.05) is 31.2 Å². The van der Waals surface area contributed by atoms with E-state index in [4.69, 9.17) is 9.84 Å². The minimum Gasteiger partial charge on any atom is -0.490 e. The van der Waals surface area contributed by atoms with Crippen molar-refractivity contribution in [1.82, 2.24) is 0 Å². The molecule has 0 radical (unpaired) electrons. The molecular weight excluding hydrogens is 244 g/mol. The quantitative estimate of drug-likeness (QED) is 0.605. The summed E-state index contributed by atoms with van der Waals surface area (Å²) in [5.41, 5.74) is 1.67. The third-order valence-electron chi connectivity index (χ3n) is 2.73. The first-order valence-electron chi connectivity index (χ1n) is 6.31. The van der Waals surface area contributed by atoms with Crippen LogP contribution in [0.3, 0.4) is 0 Å². The molecule has 104 valence electrons. The van der Waals surface area contributed by atoms with Gasteiger partial charge in [-0.15, -0.1) is 0 Å². The lowest BCUT2D eigenvalue weighted by Gasteiger charge is -2.06. The molecule has 0 bridgehead atoms. The molecule has 1 rings (SSSR count). The Morgan fingerprint density at radius 2 is 2.00 bits per heavy atom. The fourth-order valence-electron chi connectivity index (χ4n) is 1.62. The fourth-order valence-corrected chi connectivity index (χ4v) is 1.62. The Morgan fingerprint density at radius 1 is 1.32 bits per heavy atom. The third kappa shape index (κ3) is 5.14. The molecule has 0 heterocycles. The van der Waals surface area contributed by atoms with Gasteiger partial charge in [0, 0.05) is 12.2 Å². The summed E-state index contributed by atoms with van der Waals surface area (Å²) in [4.78, 5) is 11.3. The van der Waals surface area contributed by atoms with E-state index in [0.29, 0.717) is 25.0 Å². The Balaban J connectivity index is 2.52. The molecule has 0 saturated carbocycles. The monoisotopic (exact) mass is 264 g/mol. The summed E-state index contributed by atoms with van der Waals surface area (Å²) >= 11 is 0. The minimum atomic E-state index is -0.315. The molecule has 0 saturated heterocycles. The van der Waals surface area contributed by atoms with Crippen molar-refractivity contribution in [3.63, 3.8) is 0 Å². The SMILES string of the molecule is CC/C(=C/COc1ccc(CCO)cc1)C(=O)OC. The van der Waals surface area contributed by atoms with Crippen LogP contribution in [0.2, 0.25) is 0 Å². The van der Waals surface area contributed by atoms with E-state index < -0.39 is 0 Å². The van der Waals surface area contributed by atoms with Gasteiger partial charge in [-0.25, -0.2) is 4.79 Å².